The summed E-state index contributed by atoms with van der Waals surface area (Å²) in [5, 5.41) is 5.42. The number of hydrogen-bond donors (Lipinski definition) is 2. The van der Waals surface area contributed by atoms with Crippen molar-refractivity contribution in [3.63, 3.8) is 0 Å². The Hall–Kier alpha value is -2.48. The smallest absolute Gasteiger partial charge is 0.225 e. The molecule has 7 nitrogen and oxygen atoms in total. The molecule has 8 heteroatoms. The molecule has 3 N–H and O–H groups in total. The lowest BCUT2D eigenvalue weighted by molar-refractivity contribution is -0.129. The highest BCUT2D eigenvalue weighted by Gasteiger charge is 2.34. The first kappa shape index (κ1) is 17.3. The Morgan fingerprint density at radius 3 is 3.00 bits per heavy atom. The summed E-state index contributed by atoms with van der Waals surface area (Å²) in [4.78, 5) is 34.5. The van der Waals surface area contributed by atoms with Crippen molar-refractivity contribution in [3.8, 4) is 0 Å². The van der Waals surface area contributed by atoms with Gasteiger partial charge in [0, 0.05) is 31.1 Å². The van der Waals surface area contributed by atoms with Gasteiger partial charge in [0.2, 0.25) is 11.8 Å². The number of rotatable bonds is 7. The zero-order chi connectivity index (χ0) is 17.6. The van der Waals surface area contributed by atoms with Gasteiger partial charge in [0.1, 0.15) is 0 Å². The SMILES string of the molecule is Nc1nc(CCCNC(=O)[C@@H]2CC(=O)N(Cc3ccccn3)C2)cs1. The van der Waals surface area contributed by atoms with Crippen LogP contribution in [0, 0.1) is 5.92 Å². The van der Waals surface area contributed by atoms with Gasteiger partial charge in [0.15, 0.2) is 5.13 Å². The van der Waals surface area contributed by atoms with E-state index in [2.05, 4.69) is 15.3 Å². The normalized spacial score (nSPS) is 17.0. The van der Waals surface area contributed by atoms with Gasteiger partial charge in [0.05, 0.1) is 23.9 Å². The molecule has 2 aromatic rings. The summed E-state index contributed by atoms with van der Waals surface area (Å²) in [5.41, 5.74) is 7.38. The van der Waals surface area contributed by atoms with Crippen LogP contribution in [-0.2, 0) is 22.6 Å². The lowest BCUT2D eigenvalue weighted by atomic mass is 10.1. The summed E-state index contributed by atoms with van der Waals surface area (Å²) in [6.07, 6.45) is 3.55. The second kappa shape index (κ2) is 8.06. The summed E-state index contributed by atoms with van der Waals surface area (Å²) in [7, 11) is 0. The molecule has 0 spiro atoms. The number of anilines is 1. The van der Waals surface area contributed by atoms with Crippen molar-refractivity contribution in [1.82, 2.24) is 20.2 Å². The third-order valence-corrected chi connectivity index (χ3v) is 4.87. The number of thiazole rings is 1. The first-order chi connectivity index (χ1) is 12.1. The Bertz CT molecular complexity index is 734. The lowest BCUT2D eigenvalue weighted by Gasteiger charge is -2.16. The van der Waals surface area contributed by atoms with E-state index >= 15 is 0 Å². The molecule has 25 heavy (non-hydrogen) atoms. The van der Waals surface area contributed by atoms with Crippen molar-refractivity contribution in [2.24, 2.45) is 5.92 Å². The molecule has 0 radical (unpaired) electrons. The number of amides is 2. The predicted molar refractivity (Wildman–Crippen MR) is 95.6 cm³/mol. The fraction of sp³-hybridized carbons (Fsp3) is 0.412. The largest absolute Gasteiger partial charge is 0.375 e. The van der Waals surface area contributed by atoms with Gasteiger partial charge in [-0.25, -0.2) is 4.98 Å². The van der Waals surface area contributed by atoms with Crippen molar-refractivity contribution in [1.29, 1.82) is 0 Å². The number of nitrogens with two attached hydrogens (primary N) is 1. The molecule has 0 aliphatic carbocycles. The zero-order valence-corrected chi connectivity index (χ0v) is 14.7. The molecule has 0 aromatic carbocycles. The van der Waals surface area contributed by atoms with Crippen LogP contribution in [-0.4, -0.2) is 39.8 Å². The minimum atomic E-state index is -0.286. The van der Waals surface area contributed by atoms with Gasteiger partial charge in [-0.1, -0.05) is 6.07 Å². The van der Waals surface area contributed by atoms with Crippen LogP contribution < -0.4 is 11.1 Å². The predicted octanol–water partition coefficient (Wildman–Crippen LogP) is 1.22. The number of nitrogens with zero attached hydrogens (tertiary/aromatic N) is 3. The minimum absolute atomic E-state index is 0.00347. The fourth-order valence-electron chi connectivity index (χ4n) is 2.85. The molecule has 1 aliphatic heterocycles. The molecule has 3 rings (SSSR count). The molecule has 2 amide bonds. The van der Waals surface area contributed by atoms with Crippen LogP contribution in [0.4, 0.5) is 5.13 Å². The van der Waals surface area contributed by atoms with E-state index in [0.717, 1.165) is 24.2 Å². The van der Waals surface area contributed by atoms with Gasteiger partial charge in [-0.05, 0) is 25.0 Å². The number of carbonyl (C=O) groups excluding carboxylic acids is 2. The number of carbonyl (C=O) groups is 2. The van der Waals surface area contributed by atoms with E-state index in [0.29, 0.717) is 24.8 Å². The minimum Gasteiger partial charge on any atom is -0.375 e. The molecular formula is C17H21N5O2S. The number of pyridine rings is 1. The Morgan fingerprint density at radius 2 is 2.28 bits per heavy atom. The third kappa shape index (κ3) is 4.76. The Kier molecular flexibility index (Phi) is 5.60. The van der Waals surface area contributed by atoms with Crippen molar-refractivity contribution in [3.05, 3.63) is 41.2 Å². The fourth-order valence-corrected chi connectivity index (χ4v) is 3.45. The van der Waals surface area contributed by atoms with Crippen LogP contribution in [0.1, 0.15) is 24.2 Å². The lowest BCUT2D eigenvalue weighted by Crippen LogP contribution is -2.33. The van der Waals surface area contributed by atoms with E-state index in [1.807, 2.05) is 23.6 Å². The topological polar surface area (TPSA) is 101 Å². The van der Waals surface area contributed by atoms with E-state index < -0.39 is 0 Å². The van der Waals surface area contributed by atoms with Crippen molar-refractivity contribution >= 4 is 28.3 Å². The maximum Gasteiger partial charge on any atom is 0.225 e. The van der Waals surface area contributed by atoms with Crippen LogP contribution in [0.25, 0.3) is 0 Å². The first-order valence-electron chi connectivity index (χ1n) is 8.27. The van der Waals surface area contributed by atoms with Crippen LogP contribution in [0.15, 0.2) is 29.8 Å². The average Bonchev–Trinajstić information content (AvgIpc) is 3.18. The van der Waals surface area contributed by atoms with Crippen LogP contribution in [0.5, 0.6) is 0 Å². The Labute approximate surface area is 150 Å². The molecule has 1 aliphatic rings. The summed E-state index contributed by atoms with van der Waals surface area (Å²) < 4.78 is 0. The van der Waals surface area contributed by atoms with E-state index in [4.69, 9.17) is 5.73 Å². The molecule has 3 heterocycles. The number of hydrogen-bond acceptors (Lipinski definition) is 6. The van der Waals surface area contributed by atoms with Crippen molar-refractivity contribution < 1.29 is 9.59 Å². The van der Waals surface area contributed by atoms with Gasteiger partial charge in [-0.3, -0.25) is 14.6 Å². The highest BCUT2D eigenvalue weighted by molar-refractivity contribution is 7.13. The average molecular weight is 359 g/mol. The number of aromatic nitrogens is 2. The molecular weight excluding hydrogens is 338 g/mol. The summed E-state index contributed by atoms with van der Waals surface area (Å²) in [6.45, 7) is 1.47. The number of nitrogen functional groups attached to an aromatic ring is 1. The molecule has 0 unspecified atom stereocenters. The molecule has 2 aromatic heterocycles. The molecule has 1 atom stereocenters. The van der Waals surface area contributed by atoms with Crippen LogP contribution in [0.3, 0.4) is 0 Å². The second-order valence-electron chi connectivity index (χ2n) is 6.07. The highest BCUT2D eigenvalue weighted by Crippen LogP contribution is 2.20. The van der Waals surface area contributed by atoms with E-state index in [1.54, 1.807) is 11.1 Å². The maximum atomic E-state index is 12.3. The van der Waals surface area contributed by atoms with E-state index in [9.17, 15) is 9.59 Å². The quantitative estimate of drug-likeness (QED) is 0.724. The first-order valence-corrected chi connectivity index (χ1v) is 9.15. The van der Waals surface area contributed by atoms with Crippen LogP contribution in [0.2, 0.25) is 0 Å². The Morgan fingerprint density at radius 1 is 1.40 bits per heavy atom. The van der Waals surface area contributed by atoms with Crippen molar-refractivity contribution in [2.45, 2.75) is 25.8 Å². The van der Waals surface area contributed by atoms with Crippen molar-refractivity contribution in [2.75, 3.05) is 18.8 Å². The molecule has 1 fully saturated rings. The molecule has 132 valence electrons. The van der Waals surface area contributed by atoms with E-state index in [1.165, 1.54) is 11.3 Å². The molecule has 0 saturated carbocycles. The summed E-state index contributed by atoms with van der Waals surface area (Å²) in [6, 6.07) is 5.61. The maximum absolute atomic E-state index is 12.3. The third-order valence-electron chi connectivity index (χ3n) is 4.14. The van der Waals surface area contributed by atoms with Gasteiger partial charge >= 0.3 is 0 Å². The molecule has 0 bridgehead atoms. The second-order valence-corrected chi connectivity index (χ2v) is 6.96. The summed E-state index contributed by atoms with van der Waals surface area (Å²) in [5.74, 6) is -0.343. The number of nitrogens with one attached hydrogen (secondary N) is 1. The molecule has 1 saturated heterocycles. The van der Waals surface area contributed by atoms with Crippen LogP contribution >= 0.6 is 11.3 Å². The van der Waals surface area contributed by atoms with Gasteiger partial charge in [-0.15, -0.1) is 11.3 Å². The Balaban J connectivity index is 1.41. The van der Waals surface area contributed by atoms with E-state index in [-0.39, 0.29) is 24.2 Å². The zero-order valence-electron chi connectivity index (χ0n) is 13.9. The van der Waals surface area contributed by atoms with Gasteiger partial charge < -0.3 is 16.0 Å². The van der Waals surface area contributed by atoms with Gasteiger partial charge in [0.25, 0.3) is 0 Å². The summed E-state index contributed by atoms with van der Waals surface area (Å²) >= 11 is 1.42. The number of aryl methyl sites for hydroxylation is 1. The van der Waals surface area contributed by atoms with Gasteiger partial charge in [-0.2, -0.15) is 0 Å². The highest BCUT2D eigenvalue weighted by atomic mass is 32.1. The standard InChI is InChI=1S/C17H21N5O2S/c18-17-21-14(11-25-17)5-3-7-20-16(24)12-8-15(23)22(9-12)10-13-4-1-2-6-19-13/h1-2,4,6,11-12H,3,5,7-10H2,(H2,18,21)(H,20,24)/t12-/m1/s1. The monoisotopic (exact) mass is 359 g/mol. The number of likely N-dealkylation sites (tertiary alicyclic amines) is 1.